The maximum Gasteiger partial charge on any atom is 1.00 e. The summed E-state index contributed by atoms with van der Waals surface area (Å²) in [5.74, 6) is -0.119. The molecule has 1 N–H and O–H groups in total. The van der Waals surface area contributed by atoms with Crippen molar-refractivity contribution < 1.29 is 49.0 Å². The Bertz CT molecular complexity index is 342. The molecule has 16 heavy (non-hydrogen) atoms. The first-order valence-electron chi connectivity index (χ1n) is 3.86. The molecular formula is C8H7INNaO4S. The van der Waals surface area contributed by atoms with Gasteiger partial charge in [0.1, 0.15) is 0 Å². The first-order chi connectivity index (χ1) is 7.27. The fourth-order valence-electron chi connectivity index (χ4n) is 0.877. The van der Waals surface area contributed by atoms with E-state index in [0.29, 0.717) is 15.0 Å². The molecule has 82 valence electrons. The third kappa shape index (κ3) is 5.82. The average Bonchev–Trinajstić information content (AvgIpc) is 2.28. The van der Waals surface area contributed by atoms with Crippen LogP contribution < -0.4 is 40.1 Å². The summed E-state index contributed by atoms with van der Waals surface area (Å²) in [7, 11) is 0. The van der Waals surface area contributed by atoms with E-state index < -0.39 is 0 Å². The standard InChI is InChI=1S/C8H8INO4S.Na/c9-5-8(11)10-6-3-1-2-4-7(6)15-14-13-12;/h1-4,12H,5H2,(H,10,11);/q;+1/p-1. The molecule has 0 bridgehead atoms. The Kier molecular flexibility index (Phi) is 10.0. The zero-order valence-electron chi connectivity index (χ0n) is 8.44. The number of anilines is 1. The predicted octanol–water partition coefficient (Wildman–Crippen LogP) is -1.71. The van der Waals surface area contributed by atoms with Crippen molar-refractivity contribution in [2.24, 2.45) is 0 Å². The number of hydrogen-bond donors (Lipinski definition) is 1. The van der Waals surface area contributed by atoms with E-state index in [4.69, 9.17) is 0 Å². The van der Waals surface area contributed by atoms with Crippen LogP contribution in [0.15, 0.2) is 29.2 Å². The van der Waals surface area contributed by atoms with Crippen molar-refractivity contribution in [2.45, 2.75) is 4.90 Å². The fourth-order valence-corrected chi connectivity index (χ4v) is 1.51. The summed E-state index contributed by atoms with van der Waals surface area (Å²) in [5.41, 5.74) is 0.584. The maximum atomic E-state index is 11.1. The molecule has 0 heterocycles. The zero-order chi connectivity index (χ0) is 11.1. The quantitative estimate of drug-likeness (QED) is 0.169. The van der Waals surface area contributed by atoms with E-state index >= 15 is 0 Å². The number of carbonyl (C=O) groups excluding carboxylic acids is 1. The van der Waals surface area contributed by atoms with E-state index in [-0.39, 0.29) is 35.5 Å². The van der Waals surface area contributed by atoms with E-state index in [9.17, 15) is 10.1 Å². The largest absolute Gasteiger partial charge is 1.00 e. The third-order valence-corrected chi connectivity index (χ3v) is 2.79. The third-order valence-electron chi connectivity index (χ3n) is 1.43. The minimum absolute atomic E-state index is 0. The van der Waals surface area contributed by atoms with Crippen LogP contribution in [0.5, 0.6) is 0 Å². The number of nitrogens with one attached hydrogen (secondary N) is 1. The van der Waals surface area contributed by atoms with Crippen LogP contribution in [0.2, 0.25) is 0 Å². The molecule has 0 aliphatic carbocycles. The molecule has 0 atom stereocenters. The minimum atomic E-state index is -0.119. The van der Waals surface area contributed by atoms with E-state index in [2.05, 4.69) is 14.7 Å². The van der Waals surface area contributed by atoms with Gasteiger partial charge in [-0.25, -0.2) is 0 Å². The number of alkyl halides is 1. The van der Waals surface area contributed by atoms with Crippen molar-refractivity contribution in [2.75, 3.05) is 9.74 Å². The second-order valence-corrected chi connectivity index (χ2v) is 3.90. The summed E-state index contributed by atoms with van der Waals surface area (Å²) < 4.78 is 4.54. The van der Waals surface area contributed by atoms with Gasteiger partial charge in [0.2, 0.25) is 5.91 Å². The molecule has 0 aromatic heterocycles. The van der Waals surface area contributed by atoms with Gasteiger partial charge in [0, 0.05) is 0 Å². The molecule has 8 heteroatoms. The number of hydrogen-bond acceptors (Lipinski definition) is 5. The maximum absolute atomic E-state index is 11.1. The van der Waals surface area contributed by atoms with E-state index in [0.717, 1.165) is 12.0 Å². The number of amides is 1. The monoisotopic (exact) mass is 363 g/mol. The molecule has 0 unspecified atom stereocenters. The van der Waals surface area contributed by atoms with Gasteiger partial charge in [-0.3, -0.25) is 9.83 Å². The Labute approximate surface area is 133 Å². The molecule has 0 aliphatic rings. The average molecular weight is 363 g/mol. The van der Waals surface area contributed by atoms with E-state index in [1.54, 1.807) is 24.3 Å². The van der Waals surface area contributed by atoms with Crippen molar-refractivity contribution >= 4 is 46.2 Å². The smallest absolute Gasteiger partial charge is 0.691 e. The van der Waals surface area contributed by atoms with Gasteiger partial charge in [-0.2, -0.15) is 4.33 Å². The van der Waals surface area contributed by atoms with Crippen LogP contribution in [0, 0.1) is 0 Å². The van der Waals surface area contributed by atoms with Crippen molar-refractivity contribution in [3.05, 3.63) is 24.3 Å². The molecule has 1 aromatic carbocycles. The van der Waals surface area contributed by atoms with Gasteiger partial charge in [0.25, 0.3) is 0 Å². The first-order valence-corrected chi connectivity index (χ1v) is 6.12. The van der Waals surface area contributed by atoms with Crippen LogP contribution in [-0.2, 0) is 14.2 Å². The minimum Gasteiger partial charge on any atom is -0.691 e. The van der Waals surface area contributed by atoms with Crippen molar-refractivity contribution in [1.29, 1.82) is 0 Å². The molecule has 0 spiro atoms. The van der Waals surface area contributed by atoms with E-state index in [1.165, 1.54) is 0 Å². The molecule has 0 saturated carbocycles. The van der Waals surface area contributed by atoms with Crippen LogP contribution in [0.1, 0.15) is 0 Å². The van der Waals surface area contributed by atoms with Gasteiger partial charge in [-0.1, -0.05) is 34.7 Å². The Morgan fingerprint density at radius 2 is 2.19 bits per heavy atom. The van der Waals surface area contributed by atoms with Gasteiger partial charge >= 0.3 is 29.6 Å². The Hall–Kier alpha value is 0.650. The van der Waals surface area contributed by atoms with Gasteiger partial charge in [-0.15, -0.1) is 0 Å². The number of para-hydroxylation sites is 1. The van der Waals surface area contributed by atoms with Gasteiger partial charge in [0.05, 0.1) is 27.1 Å². The predicted molar refractivity (Wildman–Crippen MR) is 62.0 cm³/mol. The zero-order valence-corrected chi connectivity index (χ0v) is 13.4. The summed E-state index contributed by atoms with van der Waals surface area (Å²) in [6, 6.07) is 6.94. The van der Waals surface area contributed by atoms with Crippen molar-refractivity contribution in [3.8, 4) is 0 Å². The first kappa shape index (κ1) is 16.6. The molecule has 0 fully saturated rings. The van der Waals surface area contributed by atoms with Gasteiger partial charge in [-0.05, 0) is 12.1 Å². The number of carbonyl (C=O) groups is 1. The summed E-state index contributed by atoms with van der Waals surface area (Å²) in [6.07, 6.45) is 0. The number of benzene rings is 1. The summed E-state index contributed by atoms with van der Waals surface area (Å²) in [6.45, 7) is 0. The second-order valence-electron chi connectivity index (χ2n) is 2.40. The fraction of sp³-hybridized carbons (Fsp3) is 0.125. The molecule has 0 radical (unpaired) electrons. The summed E-state index contributed by atoms with van der Waals surface area (Å²) >= 11 is 2.70. The molecule has 0 saturated heterocycles. The second kappa shape index (κ2) is 9.66. The van der Waals surface area contributed by atoms with Crippen molar-refractivity contribution in [3.63, 3.8) is 0 Å². The normalized spacial score (nSPS) is 9.38. The molecular weight excluding hydrogens is 356 g/mol. The van der Waals surface area contributed by atoms with E-state index in [1.807, 2.05) is 22.6 Å². The molecule has 1 rings (SSSR count). The Balaban J connectivity index is 0.00000225. The van der Waals surface area contributed by atoms with Gasteiger partial charge in [0.15, 0.2) is 0 Å². The topological polar surface area (TPSA) is 70.6 Å². The van der Waals surface area contributed by atoms with Crippen LogP contribution in [0.4, 0.5) is 5.69 Å². The SMILES string of the molecule is O=C(CI)Nc1ccccc1SOO[O-].[Na+]. The van der Waals surface area contributed by atoms with Crippen LogP contribution in [0.25, 0.3) is 0 Å². The van der Waals surface area contributed by atoms with Crippen LogP contribution in [-0.4, -0.2) is 10.3 Å². The van der Waals surface area contributed by atoms with Gasteiger partial charge < -0.3 is 10.6 Å². The molecule has 1 aromatic rings. The Morgan fingerprint density at radius 1 is 1.50 bits per heavy atom. The molecule has 1 amide bonds. The molecule has 0 aliphatic heterocycles. The number of rotatable bonds is 5. The summed E-state index contributed by atoms with van der Waals surface area (Å²) in [5, 5.41) is 15.6. The Morgan fingerprint density at radius 3 is 2.81 bits per heavy atom. The van der Waals surface area contributed by atoms with Crippen LogP contribution in [0.3, 0.4) is 0 Å². The van der Waals surface area contributed by atoms with Crippen molar-refractivity contribution in [1.82, 2.24) is 0 Å². The molecule has 5 nitrogen and oxygen atoms in total. The van der Waals surface area contributed by atoms with Crippen LogP contribution >= 0.6 is 34.6 Å². The number of halogens is 1. The summed E-state index contributed by atoms with van der Waals surface area (Å²) in [4.78, 5) is 11.7.